The standard InChI is InChI=1S/C22H17N/c1-2-9-17(8-1)22-19-11-5-3-10-18(19)15-21(22)23-14-13-16-7-4-6-12-20(16)23/h1,3-15,22H,2H2. The summed E-state index contributed by atoms with van der Waals surface area (Å²) < 4.78 is 2.35. The third-order valence-electron chi connectivity index (χ3n) is 4.92. The molecule has 0 N–H and O–H groups in total. The van der Waals surface area contributed by atoms with Gasteiger partial charge in [0.1, 0.15) is 0 Å². The number of rotatable bonds is 2. The van der Waals surface area contributed by atoms with Crippen molar-refractivity contribution in [2.24, 2.45) is 0 Å². The third kappa shape index (κ3) is 1.86. The van der Waals surface area contributed by atoms with E-state index in [1.807, 2.05) is 0 Å². The number of aromatic nitrogens is 1. The maximum atomic E-state index is 2.35. The molecule has 23 heavy (non-hydrogen) atoms. The zero-order valence-corrected chi connectivity index (χ0v) is 12.8. The van der Waals surface area contributed by atoms with Gasteiger partial charge in [-0.2, -0.15) is 0 Å². The lowest BCUT2D eigenvalue weighted by atomic mass is 9.91. The molecular formula is C22H17N. The van der Waals surface area contributed by atoms with E-state index in [4.69, 9.17) is 0 Å². The summed E-state index contributed by atoms with van der Waals surface area (Å²) in [7, 11) is 0. The molecule has 5 rings (SSSR count). The van der Waals surface area contributed by atoms with Crippen LogP contribution in [0.4, 0.5) is 0 Å². The first-order valence-electron chi connectivity index (χ1n) is 8.15. The summed E-state index contributed by atoms with van der Waals surface area (Å²) in [5.74, 6) is 0.334. The van der Waals surface area contributed by atoms with E-state index in [2.05, 4.69) is 89.7 Å². The van der Waals surface area contributed by atoms with Crippen LogP contribution in [0.25, 0.3) is 22.7 Å². The number of nitrogens with zero attached hydrogens (tertiary/aromatic N) is 1. The molecule has 0 saturated carbocycles. The second-order valence-electron chi connectivity index (χ2n) is 6.22. The number of para-hydroxylation sites is 1. The lowest BCUT2D eigenvalue weighted by molar-refractivity contribution is 0.976. The molecule has 1 nitrogen and oxygen atoms in total. The van der Waals surface area contributed by atoms with Gasteiger partial charge in [-0.1, -0.05) is 60.7 Å². The summed E-state index contributed by atoms with van der Waals surface area (Å²) in [5, 5.41) is 1.29. The molecule has 2 aliphatic carbocycles. The van der Waals surface area contributed by atoms with Crippen LogP contribution in [0.5, 0.6) is 0 Å². The van der Waals surface area contributed by atoms with Crippen LogP contribution in [0.15, 0.2) is 84.6 Å². The summed E-state index contributed by atoms with van der Waals surface area (Å²) >= 11 is 0. The van der Waals surface area contributed by atoms with Gasteiger partial charge >= 0.3 is 0 Å². The minimum atomic E-state index is 0.334. The van der Waals surface area contributed by atoms with Crippen molar-refractivity contribution in [1.82, 2.24) is 4.57 Å². The van der Waals surface area contributed by atoms with Crippen LogP contribution in [0.3, 0.4) is 0 Å². The molecule has 1 unspecified atom stereocenters. The van der Waals surface area contributed by atoms with Crippen molar-refractivity contribution < 1.29 is 0 Å². The fraction of sp³-hybridized carbons (Fsp3) is 0.0909. The average molecular weight is 295 g/mol. The summed E-state index contributed by atoms with van der Waals surface area (Å²) in [6.45, 7) is 0. The van der Waals surface area contributed by atoms with E-state index in [1.54, 1.807) is 0 Å². The first kappa shape index (κ1) is 12.7. The van der Waals surface area contributed by atoms with Gasteiger partial charge in [0.05, 0.1) is 5.52 Å². The van der Waals surface area contributed by atoms with Crippen molar-refractivity contribution in [2.45, 2.75) is 12.3 Å². The molecule has 110 valence electrons. The van der Waals surface area contributed by atoms with Crippen molar-refractivity contribution in [1.29, 1.82) is 0 Å². The molecule has 2 aromatic carbocycles. The fourth-order valence-electron chi connectivity index (χ4n) is 3.86. The molecule has 0 aliphatic heterocycles. The van der Waals surface area contributed by atoms with Crippen LogP contribution >= 0.6 is 0 Å². The van der Waals surface area contributed by atoms with E-state index in [1.165, 1.54) is 33.3 Å². The van der Waals surface area contributed by atoms with Crippen molar-refractivity contribution in [3.05, 3.63) is 95.7 Å². The molecule has 0 fully saturated rings. The van der Waals surface area contributed by atoms with Crippen molar-refractivity contribution >= 4 is 22.7 Å². The summed E-state index contributed by atoms with van der Waals surface area (Å²) in [6, 6.07) is 19.6. The van der Waals surface area contributed by atoms with Crippen molar-refractivity contribution in [2.75, 3.05) is 0 Å². The minimum absolute atomic E-state index is 0.334. The topological polar surface area (TPSA) is 4.93 Å². The molecule has 1 aromatic heterocycles. The van der Waals surface area contributed by atoms with E-state index in [9.17, 15) is 0 Å². The van der Waals surface area contributed by atoms with E-state index in [0.29, 0.717) is 5.92 Å². The van der Waals surface area contributed by atoms with Gasteiger partial charge in [0.25, 0.3) is 0 Å². The Bertz CT molecular complexity index is 997. The molecule has 1 atom stereocenters. The van der Waals surface area contributed by atoms with Gasteiger partial charge in [0.2, 0.25) is 0 Å². The Kier molecular flexibility index (Phi) is 2.68. The number of fused-ring (bicyclic) bond motifs is 2. The number of allylic oxidation sites excluding steroid dienone is 5. The van der Waals surface area contributed by atoms with Crippen LogP contribution in [0.2, 0.25) is 0 Å². The Morgan fingerprint density at radius 1 is 0.913 bits per heavy atom. The maximum Gasteiger partial charge on any atom is 0.0525 e. The normalized spacial score (nSPS) is 19.0. The molecule has 0 spiro atoms. The van der Waals surface area contributed by atoms with Crippen LogP contribution in [-0.4, -0.2) is 4.57 Å². The van der Waals surface area contributed by atoms with Crippen LogP contribution in [0, 0.1) is 0 Å². The SMILES string of the molecule is C1=CC(C2C(n3ccc4ccccc43)=Cc3ccccc32)=CC1. The van der Waals surface area contributed by atoms with E-state index >= 15 is 0 Å². The molecule has 1 heterocycles. The molecular weight excluding hydrogens is 278 g/mol. The lowest BCUT2D eigenvalue weighted by Gasteiger charge is -2.19. The first-order valence-corrected chi connectivity index (χ1v) is 8.15. The molecule has 0 amide bonds. The number of hydrogen-bond acceptors (Lipinski definition) is 0. The minimum Gasteiger partial charge on any atom is -0.319 e. The van der Waals surface area contributed by atoms with Gasteiger partial charge in [-0.3, -0.25) is 0 Å². The average Bonchev–Trinajstić information content (AvgIpc) is 3.31. The zero-order chi connectivity index (χ0) is 15.2. The predicted octanol–water partition coefficient (Wildman–Crippen LogP) is 5.62. The van der Waals surface area contributed by atoms with Gasteiger partial charge in [0.15, 0.2) is 0 Å². The monoisotopic (exact) mass is 295 g/mol. The summed E-state index contributed by atoms with van der Waals surface area (Å²) in [5.41, 5.74) is 6.80. The quantitative estimate of drug-likeness (QED) is 0.578. The molecule has 0 bridgehead atoms. The maximum absolute atomic E-state index is 2.35. The van der Waals surface area contributed by atoms with E-state index in [0.717, 1.165) is 6.42 Å². The largest absolute Gasteiger partial charge is 0.319 e. The van der Waals surface area contributed by atoms with Gasteiger partial charge in [-0.05, 0) is 46.7 Å². The lowest BCUT2D eigenvalue weighted by Crippen LogP contribution is -2.05. The summed E-state index contributed by atoms with van der Waals surface area (Å²) in [4.78, 5) is 0. The second-order valence-corrected chi connectivity index (χ2v) is 6.22. The predicted molar refractivity (Wildman–Crippen MR) is 97.1 cm³/mol. The van der Waals surface area contributed by atoms with Crippen LogP contribution in [0.1, 0.15) is 23.5 Å². The van der Waals surface area contributed by atoms with Gasteiger partial charge in [-0.15, -0.1) is 0 Å². The van der Waals surface area contributed by atoms with Crippen LogP contribution in [-0.2, 0) is 0 Å². The van der Waals surface area contributed by atoms with Crippen LogP contribution < -0.4 is 0 Å². The van der Waals surface area contributed by atoms with E-state index in [-0.39, 0.29) is 0 Å². The Balaban J connectivity index is 1.74. The first-order chi connectivity index (χ1) is 11.4. The second kappa shape index (κ2) is 4.85. The van der Waals surface area contributed by atoms with Gasteiger partial charge in [-0.25, -0.2) is 0 Å². The van der Waals surface area contributed by atoms with Crippen molar-refractivity contribution in [3.63, 3.8) is 0 Å². The molecule has 3 aromatic rings. The zero-order valence-electron chi connectivity index (χ0n) is 12.8. The van der Waals surface area contributed by atoms with E-state index < -0.39 is 0 Å². The fourth-order valence-corrected chi connectivity index (χ4v) is 3.86. The summed E-state index contributed by atoms with van der Waals surface area (Å²) in [6.07, 6.45) is 12.5. The molecule has 0 radical (unpaired) electrons. The molecule has 0 saturated heterocycles. The highest BCUT2D eigenvalue weighted by molar-refractivity contribution is 5.92. The Morgan fingerprint density at radius 2 is 1.78 bits per heavy atom. The smallest absolute Gasteiger partial charge is 0.0525 e. The molecule has 1 heteroatoms. The highest BCUT2D eigenvalue weighted by Gasteiger charge is 2.29. The van der Waals surface area contributed by atoms with Gasteiger partial charge < -0.3 is 4.57 Å². The highest BCUT2D eigenvalue weighted by atomic mass is 15.0. The number of hydrogen-bond donors (Lipinski definition) is 0. The highest BCUT2D eigenvalue weighted by Crippen LogP contribution is 2.45. The molecule has 2 aliphatic rings. The Morgan fingerprint density at radius 3 is 2.70 bits per heavy atom. The Hall–Kier alpha value is -2.80. The van der Waals surface area contributed by atoms with Gasteiger partial charge in [0, 0.05) is 17.8 Å². The number of benzene rings is 2. The van der Waals surface area contributed by atoms with Crippen molar-refractivity contribution in [3.8, 4) is 0 Å². The third-order valence-corrected chi connectivity index (χ3v) is 4.92. The Labute approximate surface area is 135 Å².